The van der Waals surface area contributed by atoms with E-state index in [2.05, 4.69) is 16.4 Å². The first kappa shape index (κ1) is 8.85. The van der Waals surface area contributed by atoms with E-state index in [-0.39, 0.29) is 5.91 Å². The van der Waals surface area contributed by atoms with Crippen LogP contribution in [0.5, 0.6) is 0 Å². The van der Waals surface area contributed by atoms with Crippen molar-refractivity contribution in [1.82, 2.24) is 4.98 Å². The predicted molar refractivity (Wildman–Crippen MR) is 62.3 cm³/mol. The van der Waals surface area contributed by atoms with Crippen molar-refractivity contribution < 1.29 is 4.79 Å². The Balaban J connectivity index is 2.19. The number of rotatable bonds is 0. The van der Waals surface area contributed by atoms with Gasteiger partial charge in [-0.3, -0.25) is 4.79 Å². The van der Waals surface area contributed by atoms with Crippen molar-refractivity contribution in [3.05, 3.63) is 24.4 Å². The first-order valence-corrected chi connectivity index (χ1v) is 5.85. The summed E-state index contributed by atoms with van der Waals surface area (Å²) in [5.74, 6) is 0.960. The van der Waals surface area contributed by atoms with Gasteiger partial charge in [-0.05, 0) is 18.2 Å². The molecule has 0 unspecified atom stereocenters. The van der Waals surface area contributed by atoms with Gasteiger partial charge in [0, 0.05) is 34.2 Å². The molecule has 0 radical (unpaired) electrons. The lowest BCUT2D eigenvalue weighted by Crippen LogP contribution is -2.09. The Labute approximate surface area is 91.2 Å². The highest BCUT2D eigenvalue weighted by Gasteiger charge is 2.13. The minimum absolute atomic E-state index is 0.108. The number of hydrogen-bond donors (Lipinski definition) is 2. The van der Waals surface area contributed by atoms with Crippen molar-refractivity contribution in [2.75, 3.05) is 11.1 Å². The molecule has 1 aromatic heterocycles. The maximum Gasteiger partial charge on any atom is 0.225 e. The largest absolute Gasteiger partial charge is 0.361 e. The molecule has 0 aliphatic carbocycles. The van der Waals surface area contributed by atoms with Crippen LogP contribution in [0.1, 0.15) is 6.42 Å². The topological polar surface area (TPSA) is 44.9 Å². The summed E-state index contributed by atoms with van der Waals surface area (Å²) in [5.41, 5.74) is 2.06. The Morgan fingerprint density at radius 1 is 1.33 bits per heavy atom. The van der Waals surface area contributed by atoms with Crippen LogP contribution in [0.15, 0.2) is 29.3 Å². The molecule has 1 aliphatic heterocycles. The van der Waals surface area contributed by atoms with Gasteiger partial charge in [0.15, 0.2) is 0 Å². The van der Waals surface area contributed by atoms with Gasteiger partial charge in [-0.2, -0.15) is 0 Å². The maximum atomic E-state index is 11.4. The molecule has 2 aromatic rings. The number of nitrogens with one attached hydrogen (secondary N) is 2. The number of benzene rings is 1. The van der Waals surface area contributed by atoms with Crippen molar-refractivity contribution in [1.29, 1.82) is 0 Å². The molecule has 0 fully saturated rings. The Bertz CT molecular complexity index is 532. The van der Waals surface area contributed by atoms with Gasteiger partial charge in [0.25, 0.3) is 0 Å². The molecule has 15 heavy (non-hydrogen) atoms. The quantitative estimate of drug-likeness (QED) is 0.714. The van der Waals surface area contributed by atoms with E-state index in [0.29, 0.717) is 6.42 Å². The van der Waals surface area contributed by atoms with Crippen molar-refractivity contribution >= 4 is 34.3 Å². The summed E-state index contributed by atoms with van der Waals surface area (Å²) in [6.45, 7) is 0. The van der Waals surface area contributed by atoms with E-state index in [1.807, 2.05) is 18.3 Å². The van der Waals surface area contributed by atoms with Gasteiger partial charge in [0.2, 0.25) is 5.91 Å². The van der Waals surface area contributed by atoms with Crippen molar-refractivity contribution in [2.24, 2.45) is 0 Å². The number of amides is 1. The van der Waals surface area contributed by atoms with Gasteiger partial charge in [0.1, 0.15) is 0 Å². The summed E-state index contributed by atoms with van der Waals surface area (Å²) < 4.78 is 0. The second-order valence-electron chi connectivity index (χ2n) is 3.56. The molecule has 2 heterocycles. The van der Waals surface area contributed by atoms with E-state index in [1.54, 1.807) is 11.8 Å². The maximum absolute atomic E-state index is 11.4. The van der Waals surface area contributed by atoms with Crippen molar-refractivity contribution in [3.63, 3.8) is 0 Å². The average molecular weight is 218 g/mol. The average Bonchev–Trinajstić information content (AvgIpc) is 2.57. The van der Waals surface area contributed by atoms with Gasteiger partial charge in [-0.25, -0.2) is 0 Å². The second kappa shape index (κ2) is 3.31. The van der Waals surface area contributed by atoms with E-state index in [4.69, 9.17) is 0 Å². The Kier molecular flexibility index (Phi) is 1.95. The molecule has 0 atom stereocenters. The number of carbonyl (C=O) groups excluding carboxylic acids is 1. The van der Waals surface area contributed by atoms with Gasteiger partial charge in [0.05, 0.1) is 5.69 Å². The molecule has 0 bridgehead atoms. The fraction of sp³-hybridized carbons (Fsp3) is 0.182. The molecule has 1 amide bonds. The van der Waals surface area contributed by atoms with Crippen LogP contribution in [0.25, 0.3) is 10.9 Å². The number of aromatic amines is 1. The summed E-state index contributed by atoms with van der Waals surface area (Å²) in [6.07, 6.45) is 2.50. The highest BCUT2D eigenvalue weighted by atomic mass is 32.2. The second-order valence-corrected chi connectivity index (χ2v) is 4.70. The minimum atomic E-state index is 0.108. The minimum Gasteiger partial charge on any atom is -0.361 e. The number of aromatic nitrogens is 1. The Morgan fingerprint density at radius 2 is 2.27 bits per heavy atom. The molecular weight excluding hydrogens is 208 g/mol. The van der Waals surface area contributed by atoms with Crippen LogP contribution < -0.4 is 5.32 Å². The number of carbonyl (C=O) groups is 1. The molecule has 0 saturated carbocycles. The highest BCUT2D eigenvalue weighted by Crippen LogP contribution is 2.33. The number of hydrogen-bond acceptors (Lipinski definition) is 2. The van der Waals surface area contributed by atoms with Crippen LogP contribution in [-0.2, 0) is 4.79 Å². The van der Waals surface area contributed by atoms with E-state index in [9.17, 15) is 4.79 Å². The van der Waals surface area contributed by atoms with E-state index < -0.39 is 0 Å². The molecule has 1 aliphatic rings. The Morgan fingerprint density at radius 3 is 3.20 bits per heavy atom. The lowest BCUT2D eigenvalue weighted by molar-refractivity contribution is -0.115. The third-order valence-corrected chi connectivity index (χ3v) is 3.57. The lowest BCUT2D eigenvalue weighted by atomic mass is 10.2. The normalized spacial score (nSPS) is 15.9. The van der Waals surface area contributed by atoms with Crippen LogP contribution in [0, 0.1) is 0 Å². The number of thioether (sulfide) groups is 1. The zero-order valence-electron chi connectivity index (χ0n) is 8.04. The standard InChI is InChI=1S/C11H10N2OS/c14-11-2-4-15-10-6-8-7(1-3-12-8)5-9(10)13-11/h1,3,5-6,12H,2,4H2,(H,13,14). The SMILES string of the molecule is O=C1CCSc2cc3[nH]ccc3cc2N1. The zero-order valence-corrected chi connectivity index (χ0v) is 8.86. The molecule has 0 saturated heterocycles. The molecule has 3 rings (SSSR count). The first-order valence-electron chi connectivity index (χ1n) is 4.87. The van der Waals surface area contributed by atoms with E-state index in [0.717, 1.165) is 27.2 Å². The molecule has 76 valence electrons. The van der Waals surface area contributed by atoms with Crippen LogP contribution in [-0.4, -0.2) is 16.6 Å². The molecule has 2 N–H and O–H groups in total. The van der Waals surface area contributed by atoms with Gasteiger partial charge in [-0.1, -0.05) is 0 Å². The monoisotopic (exact) mass is 218 g/mol. The molecule has 4 heteroatoms. The number of fused-ring (bicyclic) bond motifs is 2. The Hall–Kier alpha value is -1.42. The van der Waals surface area contributed by atoms with Gasteiger partial charge in [-0.15, -0.1) is 11.8 Å². The number of anilines is 1. The fourth-order valence-electron chi connectivity index (χ4n) is 1.76. The molecular formula is C11H10N2OS. The summed E-state index contributed by atoms with van der Waals surface area (Å²) in [4.78, 5) is 15.7. The van der Waals surface area contributed by atoms with Crippen molar-refractivity contribution in [2.45, 2.75) is 11.3 Å². The first-order chi connectivity index (χ1) is 7.33. The van der Waals surface area contributed by atoms with Crippen LogP contribution in [0.4, 0.5) is 5.69 Å². The van der Waals surface area contributed by atoms with Crippen LogP contribution >= 0.6 is 11.8 Å². The summed E-state index contributed by atoms with van der Waals surface area (Å²) >= 11 is 1.73. The summed E-state index contributed by atoms with van der Waals surface area (Å²) in [7, 11) is 0. The van der Waals surface area contributed by atoms with Gasteiger partial charge >= 0.3 is 0 Å². The smallest absolute Gasteiger partial charge is 0.225 e. The van der Waals surface area contributed by atoms with Crippen molar-refractivity contribution in [3.8, 4) is 0 Å². The third kappa shape index (κ3) is 1.51. The van der Waals surface area contributed by atoms with Crippen LogP contribution in [0.3, 0.4) is 0 Å². The molecule has 1 aromatic carbocycles. The number of H-pyrrole nitrogens is 1. The van der Waals surface area contributed by atoms with Gasteiger partial charge < -0.3 is 10.3 Å². The molecule has 3 nitrogen and oxygen atoms in total. The highest BCUT2D eigenvalue weighted by molar-refractivity contribution is 7.99. The lowest BCUT2D eigenvalue weighted by Gasteiger charge is -2.05. The fourth-order valence-corrected chi connectivity index (χ4v) is 2.74. The summed E-state index contributed by atoms with van der Waals surface area (Å²) in [6, 6.07) is 6.13. The molecule has 0 spiro atoms. The van der Waals surface area contributed by atoms with E-state index in [1.165, 1.54) is 0 Å². The third-order valence-electron chi connectivity index (χ3n) is 2.51. The predicted octanol–water partition coefficient (Wildman–Crippen LogP) is 2.60. The van der Waals surface area contributed by atoms with Crippen LogP contribution in [0.2, 0.25) is 0 Å². The zero-order chi connectivity index (χ0) is 10.3. The summed E-state index contributed by atoms with van der Waals surface area (Å²) in [5, 5.41) is 4.07. The van der Waals surface area contributed by atoms with E-state index >= 15 is 0 Å².